The van der Waals surface area contributed by atoms with Crippen LogP contribution in [0.15, 0.2) is 41.5 Å². The highest BCUT2D eigenvalue weighted by molar-refractivity contribution is 5.34. The summed E-state index contributed by atoms with van der Waals surface area (Å²) >= 11 is 0. The zero-order chi connectivity index (χ0) is 12.1. The minimum Gasteiger partial charge on any atom is -0.366 e. The first-order chi connectivity index (χ1) is 8.28. The topological polar surface area (TPSA) is 83.8 Å². The van der Waals surface area contributed by atoms with E-state index in [1.165, 1.54) is 12.4 Å². The van der Waals surface area contributed by atoms with Gasteiger partial charge in [0.25, 0.3) is 5.56 Å². The molecular weight excluding hydrogens is 216 g/mol. The molecule has 1 heterocycles. The monoisotopic (exact) mass is 230 g/mol. The van der Waals surface area contributed by atoms with E-state index in [4.69, 9.17) is 5.73 Å². The normalized spacial score (nSPS) is 10.2. The lowest BCUT2D eigenvalue weighted by Gasteiger charge is -2.05. The van der Waals surface area contributed by atoms with Gasteiger partial charge in [0.2, 0.25) is 0 Å². The molecule has 0 aliphatic rings. The number of nitrogens with two attached hydrogens (primary N) is 1. The molecule has 1 aromatic heterocycles. The second kappa shape index (κ2) is 5.27. The summed E-state index contributed by atoms with van der Waals surface area (Å²) in [5.74, 6) is 0.566. The highest BCUT2D eigenvalue weighted by atomic mass is 16.1. The molecular formula is C12H14N4O. The molecule has 5 heteroatoms. The van der Waals surface area contributed by atoms with Crippen LogP contribution < -0.4 is 16.6 Å². The number of nitrogens with zero attached hydrogens (tertiary/aromatic N) is 1. The third-order valence-electron chi connectivity index (χ3n) is 2.41. The van der Waals surface area contributed by atoms with Gasteiger partial charge in [0, 0.05) is 19.2 Å². The van der Waals surface area contributed by atoms with Gasteiger partial charge in [-0.2, -0.15) is 0 Å². The van der Waals surface area contributed by atoms with Crippen LogP contribution in [0.2, 0.25) is 0 Å². The molecule has 0 bridgehead atoms. The average Bonchev–Trinajstić information content (AvgIpc) is 2.37. The molecule has 0 aliphatic heterocycles. The van der Waals surface area contributed by atoms with E-state index >= 15 is 0 Å². The fourth-order valence-electron chi connectivity index (χ4n) is 1.45. The van der Waals surface area contributed by atoms with Gasteiger partial charge < -0.3 is 16.0 Å². The minimum absolute atomic E-state index is 0.166. The number of hydrogen-bond donors (Lipinski definition) is 3. The van der Waals surface area contributed by atoms with Crippen molar-refractivity contribution < 1.29 is 0 Å². The number of H-pyrrole nitrogens is 1. The largest absolute Gasteiger partial charge is 0.366 e. The molecule has 2 aromatic rings. The molecule has 0 unspecified atom stereocenters. The van der Waals surface area contributed by atoms with Crippen LogP contribution in [0.25, 0.3) is 0 Å². The van der Waals surface area contributed by atoms with Gasteiger partial charge in [-0.3, -0.25) is 4.79 Å². The van der Waals surface area contributed by atoms with Crippen molar-refractivity contribution in [2.24, 2.45) is 5.73 Å². The highest BCUT2D eigenvalue weighted by Gasteiger charge is 1.96. The van der Waals surface area contributed by atoms with E-state index in [0.29, 0.717) is 18.9 Å². The SMILES string of the molecule is NCc1ccc(CNc2cc(=O)[nH]cn2)cc1. The molecule has 17 heavy (non-hydrogen) atoms. The van der Waals surface area contributed by atoms with Gasteiger partial charge in [0.15, 0.2) is 0 Å². The van der Waals surface area contributed by atoms with Crippen molar-refractivity contribution in [1.29, 1.82) is 0 Å². The van der Waals surface area contributed by atoms with E-state index in [2.05, 4.69) is 15.3 Å². The zero-order valence-corrected chi connectivity index (χ0v) is 9.31. The van der Waals surface area contributed by atoms with Crippen molar-refractivity contribution >= 4 is 5.82 Å². The number of aromatic amines is 1. The van der Waals surface area contributed by atoms with E-state index in [1.807, 2.05) is 24.3 Å². The van der Waals surface area contributed by atoms with Gasteiger partial charge >= 0.3 is 0 Å². The van der Waals surface area contributed by atoms with Crippen LogP contribution in [0.5, 0.6) is 0 Å². The number of rotatable bonds is 4. The summed E-state index contributed by atoms with van der Waals surface area (Å²) in [4.78, 5) is 17.5. The maximum atomic E-state index is 11.0. The first-order valence-corrected chi connectivity index (χ1v) is 5.34. The van der Waals surface area contributed by atoms with Crippen LogP contribution in [0.3, 0.4) is 0 Å². The van der Waals surface area contributed by atoms with Crippen LogP contribution in [0, 0.1) is 0 Å². The fourth-order valence-corrected chi connectivity index (χ4v) is 1.45. The third-order valence-corrected chi connectivity index (χ3v) is 2.41. The first-order valence-electron chi connectivity index (χ1n) is 5.34. The molecule has 2 rings (SSSR count). The Morgan fingerprint density at radius 1 is 1.24 bits per heavy atom. The van der Waals surface area contributed by atoms with Gasteiger partial charge in [-0.05, 0) is 11.1 Å². The molecule has 0 radical (unpaired) electrons. The van der Waals surface area contributed by atoms with Crippen LogP contribution in [0.4, 0.5) is 5.82 Å². The second-order valence-corrected chi connectivity index (χ2v) is 3.67. The van der Waals surface area contributed by atoms with E-state index < -0.39 is 0 Å². The van der Waals surface area contributed by atoms with Gasteiger partial charge in [0.05, 0.1) is 6.33 Å². The lowest BCUT2D eigenvalue weighted by molar-refractivity contribution is 1.04. The summed E-state index contributed by atoms with van der Waals surface area (Å²) in [6, 6.07) is 9.41. The number of aromatic nitrogens is 2. The van der Waals surface area contributed by atoms with Crippen molar-refractivity contribution in [3.63, 3.8) is 0 Å². The number of benzene rings is 1. The summed E-state index contributed by atoms with van der Waals surface area (Å²) in [5.41, 5.74) is 7.57. The summed E-state index contributed by atoms with van der Waals surface area (Å²) in [6.07, 6.45) is 1.38. The lowest BCUT2D eigenvalue weighted by Crippen LogP contribution is -2.09. The van der Waals surface area contributed by atoms with Crippen LogP contribution >= 0.6 is 0 Å². The molecule has 0 amide bonds. The number of nitrogens with one attached hydrogen (secondary N) is 2. The van der Waals surface area contributed by atoms with Crippen molar-refractivity contribution in [3.05, 3.63) is 58.1 Å². The summed E-state index contributed by atoms with van der Waals surface area (Å²) in [6.45, 7) is 1.17. The van der Waals surface area contributed by atoms with E-state index in [1.54, 1.807) is 0 Å². The standard InChI is InChI=1S/C12H14N4O/c13-6-9-1-3-10(4-2-9)7-14-11-5-12(17)16-8-15-11/h1-5,8H,6-7,13H2,(H2,14,15,16,17). The van der Waals surface area contributed by atoms with Crippen molar-refractivity contribution in [2.45, 2.75) is 13.1 Å². The molecule has 0 saturated heterocycles. The Morgan fingerprint density at radius 2 is 1.94 bits per heavy atom. The number of hydrogen-bond acceptors (Lipinski definition) is 4. The highest BCUT2D eigenvalue weighted by Crippen LogP contribution is 2.06. The molecule has 1 aromatic carbocycles. The van der Waals surface area contributed by atoms with E-state index in [-0.39, 0.29) is 5.56 Å². The Kier molecular flexibility index (Phi) is 3.52. The molecule has 4 N–H and O–H groups in total. The third kappa shape index (κ3) is 3.15. The average molecular weight is 230 g/mol. The van der Waals surface area contributed by atoms with Crippen LogP contribution in [-0.2, 0) is 13.1 Å². The van der Waals surface area contributed by atoms with Crippen molar-refractivity contribution in [1.82, 2.24) is 9.97 Å². The van der Waals surface area contributed by atoms with E-state index in [0.717, 1.165) is 11.1 Å². The predicted octanol–water partition coefficient (Wildman–Crippen LogP) is 0.841. The minimum atomic E-state index is -0.166. The van der Waals surface area contributed by atoms with Gasteiger partial charge in [-0.15, -0.1) is 0 Å². The number of anilines is 1. The van der Waals surface area contributed by atoms with Crippen molar-refractivity contribution in [2.75, 3.05) is 5.32 Å². The van der Waals surface area contributed by atoms with Gasteiger partial charge in [-0.25, -0.2) is 4.98 Å². The molecule has 88 valence electrons. The molecule has 0 spiro atoms. The Morgan fingerprint density at radius 3 is 2.59 bits per heavy atom. The molecule has 0 saturated carbocycles. The Hall–Kier alpha value is -2.14. The van der Waals surface area contributed by atoms with Crippen molar-refractivity contribution in [3.8, 4) is 0 Å². The Balaban J connectivity index is 1.99. The smallest absolute Gasteiger partial charge is 0.252 e. The maximum Gasteiger partial charge on any atom is 0.252 e. The summed E-state index contributed by atoms with van der Waals surface area (Å²) < 4.78 is 0. The summed E-state index contributed by atoms with van der Waals surface area (Å²) in [5, 5.41) is 3.08. The maximum absolute atomic E-state index is 11.0. The predicted molar refractivity (Wildman–Crippen MR) is 66.5 cm³/mol. The lowest BCUT2D eigenvalue weighted by atomic mass is 10.1. The Labute approximate surface area is 98.7 Å². The van der Waals surface area contributed by atoms with Crippen LogP contribution in [0.1, 0.15) is 11.1 Å². The zero-order valence-electron chi connectivity index (χ0n) is 9.31. The fraction of sp³-hybridized carbons (Fsp3) is 0.167. The Bertz CT molecular complexity index is 533. The first kappa shape index (κ1) is 11.3. The van der Waals surface area contributed by atoms with Gasteiger partial charge in [-0.1, -0.05) is 24.3 Å². The quantitative estimate of drug-likeness (QED) is 0.726. The van der Waals surface area contributed by atoms with Gasteiger partial charge in [0.1, 0.15) is 5.82 Å². The summed E-state index contributed by atoms with van der Waals surface area (Å²) in [7, 11) is 0. The van der Waals surface area contributed by atoms with E-state index in [9.17, 15) is 4.79 Å². The van der Waals surface area contributed by atoms with Crippen LogP contribution in [-0.4, -0.2) is 9.97 Å². The molecule has 0 fully saturated rings. The molecule has 5 nitrogen and oxygen atoms in total. The molecule has 0 atom stereocenters. The second-order valence-electron chi connectivity index (χ2n) is 3.67. The molecule has 0 aliphatic carbocycles.